The highest BCUT2D eigenvalue weighted by molar-refractivity contribution is 5.71. The maximum atomic E-state index is 5.58. The molecule has 2 aromatic carbocycles. The van der Waals surface area contributed by atoms with Crippen molar-refractivity contribution in [3.05, 3.63) is 53.6 Å². The van der Waals surface area contributed by atoms with Crippen LogP contribution in [0.15, 0.2) is 42.5 Å². The molecule has 0 aliphatic carbocycles. The van der Waals surface area contributed by atoms with Crippen molar-refractivity contribution < 1.29 is 18.9 Å². The number of rotatable bonds is 9. The number of hydrogen-bond acceptors (Lipinski definition) is 5. The quantitative estimate of drug-likeness (QED) is 0.510. The van der Waals surface area contributed by atoms with Crippen LogP contribution in [0, 0.1) is 0 Å². The third-order valence-electron chi connectivity index (χ3n) is 3.51. The highest BCUT2D eigenvalue weighted by Crippen LogP contribution is 2.29. The molecule has 2 aromatic rings. The van der Waals surface area contributed by atoms with E-state index in [2.05, 4.69) is 35.2 Å². The number of anilines is 1. The van der Waals surface area contributed by atoms with Crippen LogP contribution >= 0.6 is 0 Å². The topological polar surface area (TPSA) is 40.2 Å². The van der Waals surface area contributed by atoms with Gasteiger partial charge in [0.2, 0.25) is 0 Å². The lowest BCUT2D eigenvalue weighted by Crippen LogP contribution is -2.07. The zero-order valence-electron chi connectivity index (χ0n) is 15.2. The van der Waals surface area contributed by atoms with Crippen molar-refractivity contribution >= 4 is 17.8 Å². The SMILES string of the molecule is COCOc1ccc(C=Cc2ccc(N(C)C)cc2)cc1OCOC. The lowest BCUT2D eigenvalue weighted by molar-refractivity contribution is 0.0322. The monoisotopic (exact) mass is 343 g/mol. The lowest BCUT2D eigenvalue weighted by Gasteiger charge is -2.12. The van der Waals surface area contributed by atoms with Gasteiger partial charge in [-0.2, -0.15) is 0 Å². The highest BCUT2D eigenvalue weighted by atomic mass is 16.7. The number of hydrogen-bond donors (Lipinski definition) is 0. The third-order valence-corrected chi connectivity index (χ3v) is 3.51. The molecule has 25 heavy (non-hydrogen) atoms. The first kappa shape index (κ1) is 18.8. The van der Waals surface area contributed by atoms with Gasteiger partial charge in [-0.25, -0.2) is 0 Å². The average molecular weight is 343 g/mol. The summed E-state index contributed by atoms with van der Waals surface area (Å²) in [5.41, 5.74) is 3.31. The Hall–Kier alpha value is -2.50. The van der Waals surface area contributed by atoms with E-state index in [1.807, 2.05) is 38.4 Å². The molecule has 0 aromatic heterocycles. The van der Waals surface area contributed by atoms with Crippen molar-refractivity contribution in [1.82, 2.24) is 0 Å². The first-order valence-corrected chi connectivity index (χ1v) is 7.97. The van der Waals surface area contributed by atoms with Crippen LogP contribution in [0.25, 0.3) is 12.2 Å². The lowest BCUT2D eigenvalue weighted by atomic mass is 10.1. The summed E-state index contributed by atoms with van der Waals surface area (Å²) in [6, 6.07) is 14.1. The van der Waals surface area contributed by atoms with Crippen LogP contribution in [0.1, 0.15) is 11.1 Å². The molecule has 0 aliphatic rings. The van der Waals surface area contributed by atoms with Crippen molar-refractivity contribution in [2.24, 2.45) is 0 Å². The van der Waals surface area contributed by atoms with Crippen LogP contribution in [-0.2, 0) is 9.47 Å². The van der Waals surface area contributed by atoms with E-state index in [4.69, 9.17) is 18.9 Å². The molecule has 0 amide bonds. The van der Waals surface area contributed by atoms with Crippen LogP contribution in [-0.4, -0.2) is 41.9 Å². The van der Waals surface area contributed by atoms with Crippen molar-refractivity contribution in [3.63, 3.8) is 0 Å². The fourth-order valence-corrected chi connectivity index (χ4v) is 2.18. The van der Waals surface area contributed by atoms with E-state index in [-0.39, 0.29) is 13.6 Å². The van der Waals surface area contributed by atoms with Crippen LogP contribution in [0.2, 0.25) is 0 Å². The van der Waals surface area contributed by atoms with Crippen LogP contribution in [0.4, 0.5) is 5.69 Å². The molecule has 134 valence electrons. The molecule has 0 saturated carbocycles. The maximum Gasteiger partial charge on any atom is 0.188 e. The van der Waals surface area contributed by atoms with Gasteiger partial charge in [0.1, 0.15) is 0 Å². The van der Waals surface area contributed by atoms with Crippen molar-refractivity contribution in [2.45, 2.75) is 0 Å². The molecule has 0 bridgehead atoms. The molecule has 0 spiro atoms. The van der Waals surface area contributed by atoms with E-state index < -0.39 is 0 Å². The van der Waals surface area contributed by atoms with Gasteiger partial charge in [0.15, 0.2) is 25.1 Å². The minimum atomic E-state index is 0.155. The fourth-order valence-electron chi connectivity index (χ4n) is 2.18. The Kier molecular flexibility index (Phi) is 7.32. The van der Waals surface area contributed by atoms with Crippen molar-refractivity contribution in [1.29, 1.82) is 0 Å². The summed E-state index contributed by atoms with van der Waals surface area (Å²) in [4.78, 5) is 2.08. The fraction of sp³-hybridized carbons (Fsp3) is 0.300. The third kappa shape index (κ3) is 5.81. The first-order valence-electron chi connectivity index (χ1n) is 7.97. The summed E-state index contributed by atoms with van der Waals surface area (Å²) in [5, 5.41) is 0. The van der Waals surface area contributed by atoms with E-state index in [1.54, 1.807) is 14.2 Å². The van der Waals surface area contributed by atoms with Gasteiger partial charge < -0.3 is 23.8 Å². The maximum absolute atomic E-state index is 5.58. The normalized spacial score (nSPS) is 10.9. The molecule has 0 unspecified atom stereocenters. The Morgan fingerprint density at radius 2 is 1.32 bits per heavy atom. The molecule has 0 aliphatic heterocycles. The van der Waals surface area contributed by atoms with Gasteiger partial charge in [-0.1, -0.05) is 30.4 Å². The second-order valence-electron chi connectivity index (χ2n) is 5.63. The van der Waals surface area contributed by atoms with E-state index in [1.165, 1.54) is 5.69 Å². The van der Waals surface area contributed by atoms with E-state index in [0.29, 0.717) is 11.5 Å². The molecule has 0 atom stereocenters. The summed E-state index contributed by atoms with van der Waals surface area (Å²) in [5.74, 6) is 1.23. The second-order valence-corrected chi connectivity index (χ2v) is 5.63. The van der Waals surface area contributed by atoms with Gasteiger partial charge >= 0.3 is 0 Å². The van der Waals surface area contributed by atoms with Gasteiger partial charge in [0.05, 0.1) is 0 Å². The molecular weight excluding hydrogens is 318 g/mol. The Balaban J connectivity index is 2.14. The van der Waals surface area contributed by atoms with Gasteiger partial charge in [-0.15, -0.1) is 0 Å². The van der Waals surface area contributed by atoms with Crippen LogP contribution in [0.5, 0.6) is 11.5 Å². The van der Waals surface area contributed by atoms with E-state index in [0.717, 1.165) is 11.1 Å². The average Bonchev–Trinajstić information content (AvgIpc) is 2.64. The minimum absolute atomic E-state index is 0.155. The largest absolute Gasteiger partial charge is 0.464 e. The van der Waals surface area contributed by atoms with Gasteiger partial charge in [-0.3, -0.25) is 0 Å². The van der Waals surface area contributed by atoms with Gasteiger partial charge in [-0.05, 0) is 35.4 Å². The van der Waals surface area contributed by atoms with Crippen LogP contribution < -0.4 is 14.4 Å². The van der Waals surface area contributed by atoms with Crippen molar-refractivity contribution in [3.8, 4) is 11.5 Å². The molecule has 0 radical (unpaired) electrons. The van der Waals surface area contributed by atoms with E-state index >= 15 is 0 Å². The zero-order valence-corrected chi connectivity index (χ0v) is 15.2. The molecule has 0 heterocycles. The molecule has 0 N–H and O–H groups in total. The summed E-state index contributed by atoms with van der Waals surface area (Å²) in [7, 11) is 7.21. The van der Waals surface area contributed by atoms with Gasteiger partial charge in [0.25, 0.3) is 0 Å². The number of nitrogens with zero attached hydrogens (tertiary/aromatic N) is 1. The van der Waals surface area contributed by atoms with E-state index in [9.17, 15) is 0 Å². The molecular formula is C20H25NO4. The van der Waals surface area contributed by atoms with Crippen molar-refractivity contribution in [2.75, 3.05) is 46.8 Å². The summed E-state index contributed by atoms with van der Waals surface area (Å²) in [6.45, 7) is 0.319. The zero-order chi connectivity index (χ0) is 18.1. The first-order chi connectivity index (χ1) is 12.1. The van der Waals surface area contributed by atoms with Crippen LogP contribution in [0.3, 0.4) is 0 Å². The molecule has 5 heteroatoms. The Labute approximate surface area is 149 Å². The Morgan fingerprint density at radius 3 is 1.92 bits per heavy atom. The number of methoxy groups -OCH3 is 2. The Bertz CT molecular complexity index is 681. The summed E-state index contributed by atoms with van der Waals surface area (Å²) < 4.78 is 21.0. The highest BCUT2D eigenvalue weighted by Gasteiger charge is 2.06. The smallest absolute Gasteiger partial charge is 0.188 e. The second kappa shape index (κ2) is 9.71. The summed E-state index contributed by atoms with van der Waals surface area (Å²) in [6.07, 6.45) is 4.09. The number of benzene rings is 2. The predicted molar refractivity (Wildman–Crippen MR) is 101 cm³/mol. The minimum Gasteiger partial charge on any atom is -0.464 e. The standard InChI is InChI=1S/C20H25NO4/c1-21(2)18-10-7-16(8-11-18)5-6-17-9-12-19(24-14-22-3)20(13-17)25-15-23-4/h5-13H,14-15H2,1-4H3. The molecule has 0 saturated heterocycles. The Morgan fingerprint density at radius 1 is 0.760 bits per heavy atom. The molecule has 5 nitrogen and oxygen atoms in total. The number of ether oxygens (including phenoxy) is 4. The molecule has 0 fully saturated rings. The predicted octanol–water partition coefficient (Wildman–Crippen LogP) is 3.89. The molecule has 2 rings (SSSR count). The summed E-state index contributed by atoms with van der Waals surface area (Å²) >= 11 is 0. The van der Waals surface area contributed by atoms with Gasteiger partial charge in [0, 0.05) is 34.0 Å².